The van der Waals surface area contributed by atoms with Crippen LogP contribution in [0.1, 0.15) is 91.9 Å². The van der Waals surface area contributed by atoms with Gasteiger partial charge in [0.1, 0.15) is 67.1 Å². The number of fused-ring (bicyclic) bond motifs is 7. The van der Waals surface area contributed by atoms with Gasteiger partial charge < -0.3 is 89.0 Å². The largest absolute Gasteiger partial charge is 0.394 e. The van der Waals surface area contributed by atoms with Crippen LogP contribution < -0.4 is 0 Å². The van der Waals surface area contributed by atoms with Crippen molar-refractivity contribution < 1.29 is 89.0 Å². The van der Waals surface area contributed by atoms with Gasteiger partial charge in [-0.1, -0.05) is 27.7 Å². The molecule has 0 aromatic rings. The van der Waals surface area contributed by atoms with Crippen molar-refractivity contribution in [3.05, 3.63) is 0 Å². The minimum Gasteiger partial charge on any atom is -0.394 e. The SMILES string of the molecule is CO[C@@]1(CC[C@H](C)CO[C@@H]2O[C@H](CO)[C@@H](O)[C@H](O)[C@H]2O)O[C@H]2C[C@@H]3[C@@H]4CC[C@@H]5C[C@@H](O[C@@H]6O[C@H](CO)[C@@H](O[C@@H]7OC[C@@H](O)[C@H](O)[C@H]7O)[C@H](O)[C@H]6O)CC[C@]5(C)[C@H]4CC[C@]3(C)[C@H]2[C@@H]1C. The molecule has 0 spiro atoms. The van der Waals surface area contributed by atoms with E-state index in [-0.39, 0.29) is 48.1 Å². The van der Waals surface area contributed by atoms with Crippen LogP contribution in [0.5, 0.6) is 0 Å². The molecular weight excluding hydrogens is 828 g/mol. The average molecular weight is 905 g/mol. The van der Waals surface area contributed by atoms with Crippen molar-refractivity contribution in [2.75, 3.05) is 33.5 Å². The maximum absolute atomic E-state index is 11.2. The monoisotopic (exact) mass is 905 g/mol. The molecule has 0 amide bonds. The van der Waals surface area contributed by atoms with Gasteiger partial charge in [0.2, 0.25) is 0 Å². The van der Waals surface area contributed by atoms with Crippen LogP contribution in [0.3, 0.4) is 0 Å². The Balaban J connectivity index is 0.846. The Bertz CT molecular complexity index is 1530. The average Bonchev–Trinajstić information content (AvgIpc) is 3.73. The van der Waals surface area contributed by atoms with Gasteiger partial charge in [0, 0.05) is 19.4 Å². The molecule has 0 aromatic heterocycles. The van der Waals surface area contributed by atoms with Crippen LogP contribution >= 0.6 is 0 Å². The highest BCUT2D eigenvalue weighted by atomic mass is 16.7. The van der Waals surface area contributed by atoms with E-state index in [1.54, 1.807) is 7.11 Å². The van der Waals surface area contributed by atoms with Gasteiger partial charge in [-0.05, 0) is 104 Å². The van der Waals surface area contributed by atoms with E-state index in [2.05, 4.69) is 20.8 Å². The molecule has 18 nitrogen and oxygen atoms in total. The summed E-state index contributed by atoms with van der Waals surface area (Å²) in [4.78, 5) is 0. The van der Waals surface area contributed by atoms with E-state index in [1.807, 2.05) is 6.92 Å². The van der Waals surface area contributed by atoms with Gasteiger partial charge in [-0.15, -0.1) is 0 Å². The number of ether oxygens (including phenoxy) is 8. The first-order valence-corrected chi connectivity index (χ1v) is 23.7. The summed E-state index contributed by atoms with van der Waals surface area (Å²) < 4.78 is 48.2. The zero-order valence-corrected chi connectivity index (χ0v) is 37.4. The normalized spacial score (nSPS) is 55.1. The van der Waals surface area contributed by atoms with Gasteiger partial charge in [-0.25, -0.2) is 0 Å². The van der Waals surface area contributed by atoms with Gasteiger partial charge in [0.15, 0.2) is 24.7 Å². The summed E-state index contributed by atoms with van der Waals surface area (Å²) in [7, 11) is 1.74. The molecule has 63 heavy (non-hydrogen) atoms. The van der Waals surface area contributed by atoms with Crippen LogP contribution in [0.2, 0.25) is 0 Å². The third-order valence-corrected chi connectivity index (χ3v) is 17.9. The fraction of sp³-hybridized carbons (Fsp3) is 1.00. The van der Waals surface area contributed by atoms with Crippen LogP contribution in [-0.2, 0) is 37.9 Å². The molecule has 364 valence electrons. The van der Waals surface area contributed by atoms with E-state index in [0.29, 0.717) is 36.0 Å². The lowest BCUT2D eigenvalue weighted by Crippen LogP contribution is -2.63. The molecule has 0 unspecified atom stereocenters. The maximum Gasteiger partial charge on any atom is 0.186 e. The van der Waals surface area contributed by atoms with Gasteiger partial charge in [-0.2, -0.15) is 0 Å². The quantitative estimate of drug-likeness (QED) is 0.105. The highest BCUT2D eigenvalue weighted by molar-refractivity contribution is 5.15. The van der Waals surface area contributed by atoms with Crippen LogP contribution in [-0.4, -0.2) is 189 Å². The summed E-state index contributed by atoms with van der Waals surface area (Å²) in [5, 5.41) is 103. The van der Waals surface area contributed by atoms with Gasteiger partial charge in [0.25, 0.3) is 0 Å². The molecule has 4 aliphatic heterocycles. The topological polar surface area (TPSA) is 276 Å². The smallest absolute Gasteiger partial charge is 0.186 e. The first-order valence-electron chi connectivity index (χ1n) is 23.7. The Hall–Kier alpha value is -0.720. The molecule has 4 aliphatic carbocycles. The first-order chi connectivity index (χ1) is 29.9. The summed E-state index contributed by atoms with van der Waals surface area (Å²) in [5.74, 6) is 1.90. The zero-order valence-electron chi connectivity index (χ0n) is 37.4. The molecule has 0 radical (unpaired) electrons. The highest BCUT2D eigenvalue weighted by Gasteiger charge is 2.69. The number of aliphatic hydroxyl groups is 10. The van der Waals surface area contributed by atoms with Crippen molar-refractivity contribution in [3.63, 3.8) is 0 Å². The minimum absolute atomic E-state index is 0.0401. The van der Waals surface area contributed by atoms with Gasteiger partial charge >= 0.3 is 0 Å². The number of aliphatic hydroxyl groups excluding tert-OH is 10. The molecule has 8 rings (SSSR count). The van der Waals surface area contributed by atoms with Gasteiger partial charge in [-0.3, -0.25) is 0 Å². The van der Waals surface area contributed by atoms with Crippen molar-refractivity contribution in [2.24, 2.45) is 52.3 Å². The van der Waals surface area contributed by atoms with E-state index >= 15 is 0 Å². The molecule has 8 aliphatic rings. The van der Waals surface area contributed by atoms with E-state index in [1.165, 1.54) is 0 Å². The summed E-state index contributed by atoms with van der Waals surface area (Å²) in [6, 6.07) is 0. The van der Waals surface area contributed by atoms with Crippen LogP contribution in [0.25, 0.3) is 0 Å². The molecule has 0 aromatic carbocycles. The third kappa shape index (κ3) is 8.60. The predicted molar refractivity (Wildman–Crippen MR) is 218 cm³/mol. The van der Waals surface area contributed by atoms with E-state index in [0.717, 1.165) is 57.8 Å². The number of rotatable bonds is 13. The second-order valence-corrected chi connectivity index (χ2v) is 21.2. The maximum atomic E-state index is 11.2. The molecule has 26 atom stereocenters. The lowest BCUT2D eigenvalue weighted by molar-refractivity contribution is -0.354. The molecule has 4 saturated carbocycles. The van der Waals surface area contributed by atoms with Gasteiger partial charge in [0.05, 0.1) is 38.6 Å². The standard InChI is InChI=1S/C45H76O18/c1-20(18-57-40-37(54)34(51)33(50)29(16-46)60-40)8-13-45(56-5)21(2)31-28(63-45)15-26-24-7-6-22-14-23(9-11-43(22,3)25(24)10-12-44(26,31)4)59-42-38(55)35(52)39(30(17-47)61-42)62-41-36(53)32(49)27(48)19-58-41/h20-42,46-55H,6-19H2,1-5H3/t20-,21-,22+,23-,24+,25-,26+,27+,28-,29+,30+,31-,32-,33+,34-,35+,36+,37+,38+,39+,40+,41-,42+,43-,44-,45-/m0/s1. The molecular formula is C45H76O18. The zero-order chi connectivity index (χ0) is 45.3. The minimum atomic E-state index is -1.62. The Morgan fingerprint density at radius 1 is 0.698 bits per heavy atom. The van der Waals surface area contributed by atoms with Crippen molar-refractivity contribution in [1.82, 2.24) is 0 Å². The van der Waals surface area contributed by atoms with Crippen molar-refractivity contribution in [1.29, 1.82) is 0 Å². The fourth-order valence-electron chi connectivity index (χ4n) is 14.2. The van der Waals surface area contributed by atoms with Crippen LogP contribution in [0.4, 0.5) is 0 Å². The lowest BCUT2D eigenvalue weighted by Gasteiger charge is -2.61. The predicted octanol–water partition coefficient (Wildman–Crippen LogP) is -0.486. The summed E-state index contributed by atoms with van der Waals surface area (Å²) in [5.41, 5.74) is 0.227. The Labute approximate surface area is 370 Å². The van der Waals surface area contributed by atoms with E-state index in [4.69, 9.17) is 37.9 Å². The summed E-state index contributed by atoms with van der Waals surface area (Å²) in [6.45, 7) is 8.15. The molecule has 8 fully saturated rings. The van der Waals surface area contributed by atoms with Crippen molar-refractivity contribution >= 4 is 0 Å². The van der Waals surface area contributed by atoms with Crippen LogP contribution in [0.15, 0.2) is 0 Å². The molecule has 4 saturated heterocycles. The summed E-state index contributed by atoms with van der Waals surface area (Å²) >= 11 is 0. The molecule has 10 N–H and O–H groups in total. The molecule has 0 bridgehead atoms. The Morgan fingerprint density at radius 2 is 1.38 bits per heavy atom. The Kier molecular flexibility index (Phi) is 14.7. The third-order valence-electron chi connectivity index (χ3n) is 17.9. The van der Waals surface area contributed by atoms with Crippen molar-refractivity contribution in [2.45, 2.75) is 196 Å². The Morgan fingerprint density at radius 3 is 2.10 bits per heavy atom. The molecule has 18 heteroatoms. The number of methoxy groups -OCH3 is 1. The first kappa shape index (κ1) is 48.7. The number of hydrogen-bond acceptors (Lipinski definition) is 18. The second-order valence-electron chi connectivity index (χ2n) is 21.2. The number of hydrogen-bond donors (Lipinski definition) is 10. The molecule has 4 heterocycles. The van der Waals surface area contributed by atoms with Crippen LogP contribution in [0, 0.1) is 52.3 Å². The van der Waals surface area contributed by atoms with Crippen molar-refractivity contribution in [3.8, 4) is 0 Å². The second kappa shape index (κ2) is 19.0. The van der Waals surface area contributed by atoms with E-state index in [9.17, 15) is 51.1 Å². The lowest BCUT2D eigenvalue weighted by atomic mass is 9.44. The summed E-state index contributed by atoms with van der Waals surface area (Å²) in [6.07, 6.45) is -9.87. The van der Waals surface area contributed by atoms with E-state index < -0.39 is 105 Å². The highest BCUT2D eigenvalue weighted by Crippen LogP contribution is 2.71. The fourth-order valence-corrected chi connectivity index (χ4v) is 14.2.